The lowest BCUT2D eigenvalue weighted by Gasteiger charge is -2.29. The summed E-state index contributed by atoms with van der Waals surface area (Å²) < 4.78 is 0. The molecular weight excluding hydrogens is 198 g/mol. The van der Waals surface area contributed by atoms with Crippen LogP contribution in [-0.4, -0.2) is 11.9 Å². The number of nitrogens with one attached hydrogen (secondary N) is 1. The number of carbonyl (C=O) groups excluding carboxylic acids is 1. The third kappa shape index (κ3) is 2.01. The summed E-state index contributed by atoms with van der Waals surface area (Å²) in [5, 5.41) is 3.01. The molecule has 1 aromatic rings. The largest absolute Gasteiger partial charge is 0.345 e. The van der Waals surface area contributed by atoms with Gasteiger partial charge in [0.2, 0.25) is 5.91 Å². The Labute approximate surface area is 96.4 Å². The molecule has 0 aliphatic carbocycles. The molecule has 0 fully saturated rings. The van der Waals surface area contributed by atoms with Gasteiger partial charge in [0.15, 0.2) is 0 Å². The number of hydrogen-bond donors (Lipinski definition) is 1. The number of benzene rings is 1. The number of carbonyl (C=O) groups is 1. The van der Waals surface area contributed by atoms with Crippen LogP contribution in [-0.2, 0) is 4.79 Å². The molecule has 0 bridgehead atoms. The molecule has 1 unspecified atom stereocenters. The molecule has 16 heavy (non-hydrogen) atoms. The second-order valence-electron chi connectivity index (χ2n) is 5.27. The molecule has 1 amide bonds. The number of hydrogen-bond acceptors (Lipinski definition) is 1. The minimum Gasteiger partial charge on any atom is -0.345 e. The second kappa shape index (κ2) is 3.78. The molecule has 1 aliphatic heterocycles. The SMILES string of the molecule is CC(C)(C)C1NC(=O)C=C1c1ccccc1. The third-order valence-corrected chi connectivity index (χ3v) is 2.86. The average Bonchev–Trinajstić information content (AvgIpc) is 2.61. The van der Waals surface area contributed by atoms with Crippen molar-refractivity contribution in [3.8, 4) is 0 Å². The van der Waals surface area contributed by atoms with Crippen LogP contribution < -0.4 is 5.32 Å². The molecule has 2 rings (SSSR count). The van der Waals surface area contributed by atoms with E-state index >= 15 is 0 Å². The first-order valence-corrected chi connectivity index (χ1v) is 5.56. The van der Waals surface area contributed by atoms with Crippen molar-refractivity contribution in [2.75, 3.05) is 0 Å². The van der Waals surface area contributed by atoms with Crippen LogP contribution >= 0.6 is 0 Å². The van der Waals surface area contributed by atoms with E-state index < -0.39 is 0 Å². The van der Waals surface area contributed by atoms with Gasteiger partial charge in [-0.15, -0.1) is 0 Å². The molecule has 2 nitrogen and oxygen atoms in total. The maximum atomic E-state index is 11.5. The van der Waals surface area contributed by atoms with Crippen LogP contribution in [0.25, 0.3) is 5.57 Å². The molecule has 0 radical (unpaired) electrons. The fourth-order valence-electron chi connectivity index (χ4n) is 2.05. The van der Waals surface area contributed by atoms with Gasteiger partial charge < -0.3 is 5.32 Å². The van der Waals surface area contributed by atoms with Gasteiger partial charge in [0, 0.05) is 6.08 Å². The van der Waals surface area contributed by atoms with Crippen LogP contribution in [0.4, 0.5) is 0 Å². The highest BCUT2D eigenvalue weighted by atomic mass is 16.1. The van der Waals surface area contributed by atoms with Crippen LogP contribution in [0.3, 0.4) is 0 Å². The molecule has 1 heterocycles. The Hall–Kier alpha value is -1.57. The Morgan fingerprint density at radius 1 is 1.12 bits per heavy atom. The van der Waals surface area contributed by atoms with Crippen molar-refractivity contribution in [2.45, 2.75) is 26.8 Å². The van der Waals surface area contributed by atoms with E-state index in [1.165, 1.54) is 0 Å². The summed E-state index contributed by atoms with van der Waals surface area (Å²) in [7, 11) is 0. The van der Waals surface area contributed by atoms with Gasteiger partial charge in [-0.25, -0.2) is 0 Å². The summed E-state index contributed by atoms with van der Waals surface area (Å²) in [4.78, 5) is 11.5. The second-order valence-corrected chi connectivity index (χ2v) is 5.27. The topological polar surface area (TPSA) is 29.1 Å². The lowest BCUT2D eigenvalue weighted by molar-refractivity contribution is -0.116. The molecule has 0 spiro atoms. The number of amides is 1. The lowest BCUT2D eigenvalue weighted by Crippen LogP contribution is -2.39. The van der Waals surface area contributed by atoms with Gasteiger partial charge in [0.25, 0.3) is 0 Å². The van der Waals surface area contributed by atoms with Crippen LogP contribution in [0, 0.1) is 5.41 Å². The molecule has 0 saturated heterocycles. The molecule has 1 N–H and O–H groups in total. The Morgan fingerprint density at radius 3 is 2.31 bits per heavy atom. The van der Waals surface area contributed by atoms with Gasteiger partial charge in [-0.2, -0.15) is 0 Å². The quantitative estimate of drug-likeness (QED) is 0.766. The van der Waals surface area contributed by atoms with Crippen molar-refractivity contribution >= 4 is 11.5 Å². The maximum absolute atomic E-state index is 11.5. The predicted molar refractivity (Wildman–Crippen MR) is 65.8 cm³/mol. The van der Waals surface area contributed by atoms with Crippen molar-refractivity contribution in [1.82, 2.24) is 5.32 Å². The summed E-state index contributed by atoms with van der Waals surface area (Å²) in [6, 6.07) is 10.2. The van der Waals surface area contributed by atoms with E-state index in [0.717, 1.165) is 11.1 Å². The smallest absolute Gasteiger partial charge is 0.244 e. The molecule has 1 aromatic carbocycles. The summed E-state index contributed by atoms with van der Waals surface area (Å²) in [5.74, 6) is 0.0128. The Balaban J connectivity index is 2.39. The first kappa shape index (κ1) is 10.9. The van der Waals surface area contributed by atoms with Crippen LogP contribution in [0.1, 0.15) is 26.3 Å². The fourth-order valence-corrected chi connectivity index (χ4v) is 2.05. The van der Waals surface area contributed by atoms with Crippen molar-refractivity contribution < 1.29 is 4.79 Å². The van der Waals surface area contributed by atoms with Gasteiger partial charge >= 0.3 is 0 Å². The first-order valence-electron chi connectivity index (χ1n) is 5.56. The highest BCUT2D eigenvalue weighted by molar-refractivity contribution is 6.02. The molecule has 2 heteroatoms. The van der Waals surface area contributed by atoms with E-state index in [2.05, 4.69) is 26.1 Å². The average molecular weight is 215 g/mol. The zero-order chi connectivity index (χ0) is 11.8. The highest BCUT2D eigenvalue weighted by Crippen LogP contribution is 2.33. The van der Waals surface area contributed by atoms with E-state index in [9.17, 15) is 4.79 Å². The molecule has 1 aliphatic rings. The summed E-state index contributed by atoms with van der Waals surface area (Å²) >= 11 is 0. The normalized spacial score (nSPS) is 20.6. The van der Waals surface area contributed by atoms with Crippen LogP contribution in [0.5, 0.6) is 0 Å². The monoisotopic (exact) mass is 215 g/mol. The van der Waals surface area contributed by atoms with Gasteiger partial charge in [0.1, 0.15) is 0 Å². The van der Waals surface area contributed by atoms with Crippen molar-refractivity contribution in [2.24, 2.45) is 5.41 Å². The minimum absolute atomic E-state index is 0.0128. The van der Waals surface area contributed by atoms with E-state index in [1.54, 1.807) is 6.08 Å². The van der Waals surface area contributed by atoms with E-state index in [4.69, 9.17) is 0 Å². The zero-order valence-electron chi connectivity index (χ0n) is 9.95. The van der Waals surface area contributed by atoms with Crippen LogP contribution in [0.2, 0.25) is 0 Å². The summed E-state index contributed by atoms with van der Waals surface area (Å²) in [6.45, 7) is 6.42. The maximum Gasteiger partial charge on any atom is 0.244 e. The lowest BCUT2D eigenvalue weighted by atomic mass is 9.81. The van der Waals surface area contributed by atoms with E-state index in [-0.39, 0.29) is 17.4 Å². The van der Waals surface area contributed by atoms with Crippen LogP contribution in [0.15, 0.2) is 36.4 Å². The molecule has 1 atom stereocenters. The molecule has 84 valence electrons. The van der Waals surface area contributed by atoms with Crippen molar-refractivity contribution in [1.29, 1.82) is 0 Å². The van der Waals surface area contributed by atoms with E-state index in [1.807, 2.05) is 30.3 Å². The summed E-state index contributed by atoms with van der Waals surface area (Å²) in [5.41, 5.74) is 2.26. The third-order valence-electron chi connectivity index (χ3n) is 2.86. The fraction of sp³-hybridized carbons (Fsp3) is 0.357. The van der Waals surface area contributed by atoms with E-state index in [0.29, 0.717) is 0 Å². The zero-order valence-corrected chi connectivity index (χ0v) is 9.95. The van der Waals surface area contributed by atoms with Crippen molar-refractivity contribution in [3.63, 3.8) is 0 Å². The van der Waals surface area contributed by atoms with Gasteiger partial charge in [0.05, 0.1) is 6.04 Å². The van der Waals surface area contributed by atoms with Crippen molar-refractivity contribution in [3.05, 3.63) is 42.0 Å². The standard InChI is InChI=1S/C14H17NO/c1-14(2,3)13-11(9-12(16)15-13)10-7-5-4-6-8-10/h4-9,13H,1-3H3,(H,15,16). The van der Waals surface area contributed by atoms with Gasteiger partial charge in [-0.1, -0.05) is 51.1 Å². The van der Waals surface area contributed by atoms with Gasteiger partial charge in [-0.05, 0) is 16.6 Å². The molecule has 0 aromatic heterocycles. The number of rotatable bonds is 1. The first-order chi connectivity index (χ1) is 7.48. The van der Waals surface area contributed by atoms with Gasteiger partial charge in [-0.3, -0.25) is 4.79 Å². The highest BCUT2D eigenvalue weighted by Gasteiger charge is 2.34. The Bertz CT molecular complexity index is 426. The predicted octanol–water partition coefficient (Wildman–Crippen LogP) is 2.61. The molecular formula is C14H17NO. The Kier molecular flexibility index (Phi) is 2.58. The summed E-state index contributed by atoms with van der Waals surface area (Å²) in [6.07, 6.45) is 1.71. The Morgan fingerprint density at radius 2 is 1.75 bits per heavy atom. The minimum atomic E-state index is 0.0128. The molecule has 0 saturated carbocycles.